The first-order chi connectivity index (χ1) is 16.3. The Kier molecular flexibility index (Phi) is 6.00. The second-order valence-electron chi connectivity index (χ2n) is 7.89. The highest BCUT2D eigenvalue weighted by atomic mass is 15.2. The first-order valence-corrected chi connectivity index (χ1v) is 11.6. The van der Waals surface area contributed by atoms with Gasteiger partial charge in [0, 0.05) is 72.4 Å². The van der Waals surface area contributed by atoms with E-state index in [1.54, 1.807) is 6.20 Å². The number of nitrogens with one attached hydrogen (secondary N) is 2. The normalized spacial score (nSPS) is 13.7. The van der Waals surface area contributed by atoms with Gasteiger partial charge in [-0.2, -0.15) is 0 Å². The molecule has 33 heavy (non-hydrogen) atoms. The molecule has 6 rings (SSSR count). The fraction of sp³-hybridized carbons (Fsp3) is 0.222. The van der Waals surface area contributed by atoms with Gasteiger partial charge in [0.2, 0.25) is 0 Å². The van der Waals surface area contributed by atoms with Gasteiger partial charge in [-0.05, 0) is 42.0 Å². The molecule has 1 aromatic carbocycles. The van der Waals surface area contributed by atoms with E-state index in [1.807, 2.05) is 44.6 Å². The van der Waals surface area contributed by atoms with Gasteiger partial charge in [0.1, 0.15) is 5.65 Å². The molecule has 0 spiro atoms. The van der Waals surface area contributed by atoms with Crippen LogP contribution in [0.5, 0.6) is 0 Å². The summed E-state index contributed by atoms with van der Waals surface area (Å²) in [6, 6.07) is 17.1. The number of benzene rings is 1. The molecule has 0 atom stereocenters. The number of anilines is 1. The molecule has 6 nitrogen and oxygen atoms in total. The molecule has 0 amide bonds. The smallest absolute Gasteiger partial charge is 0.138 e. The molecule has 4 aromatic heterocycles. The summed E-state index contributed by atoms with van der Waals surface area (Å²) < 4.78 is 0. The van der Waals surface area contributed by atoms with Gasteiger partial charge in [0.05, 0.1) is 17.4 Å². The van der Waals surface area contributed by atoms with E-state index in [4.69, 9.17) is 4.98 Å². The van der Waals surface area contributed by atoms with E-state index in [-0.39, 0.29) is 0 Å². The first-order valence-electron chi connectivity index (χ1n) is 11.6. The standard InChI is InChI=1S/C25H22N6.C2H6/c1-3-17(11-20(5-1)31-9-7-26-8-10-31)19-12-22-21-13-23(18-4-2-6-27-14-18)28-16-24(21)30-25(22)29-15-19;1-2/h1-6,11-16,26H,7-10H2,(H,29,30);1-2H3. The second kappa shape index (κ2) is 9.38. The van der Waals surface area contributed by atoms with Crippen LogP contribution >= 0.6 is 0 Å². The van der Waals surface area contributed by atoms with Crippen LogP contribution in [0.2, 0.25) is 0 Å². The lowest BCUT2D eigenvalue weighted by atomic mass is 10.0. The Morgan fingerprint density at radius 1 is 0.788 bits per heavy atom. The van der Waals surface area contributed by atoms with Crippen LogP contribution in [0.3, 0.4) is 0 Å². The van der Waals surface area contributed by atoms with Gasteiger partial charge >= 0.3 is 0 Å². The maximum atomic E-state index is 4.72. The quantitative estimate of drug-likeness (QED) is 0.403. The fourth-order valence-electron chi connectivity index (χ4n) is 4.31. The SMILES string of the molecule is CC.c1cncc(-c2cc3c(cn2)[nH]c2ncc(-c4cccc(N5CCNCC5)c4)cc23)c1. The Morgan fingerprint density at radius 2 is 1.64 bits per heavy atom. The highest BCUT2D eigenvalue weighted by molar-refractivity contribution is 6.07. The lowest BCUT2D eigenvalue weighted by molar-refractivity contribution is 0.589. The number of aromatic amines is 1. The van der Waals surface area contributed by atoms with Gasteiger partial charge in [-0.1, -0.05) is 26.0 Å². The number of fused-ring (bicyclic) bond motifs is 3. The Bertz CT molecular complexity index is 1370. The van der Waals surface area contributed by atoms with Crippen molar-refractivity contribution in [2.24, 2.45) is 0 Å². The topological polar surface area (TPSA) is 69.7 Å². The van der Waals surface area contributed by atoms with Crippen molar-refractivity contribution < 1.29 is 0 Å². The summed E-state index contributed by atoms with van der Waals surface area (Å²) in [5, 5.41) is 5.64. The van der Waals surface area contributed by atoms with Crippen LogP contribution in [-0.2, 0) is 0 Å². The lowest BCUT2D eigenvalue weighted by Crippen LogP contribution is -2.43. The number of pyridine rings is 3. The molecular weight excluding hydrogens is 408 g/mol. The molecule has 0 bridgehead atoms. The molecule has 0 radical (unpaired) electrons. The zero-order chi connectivity index (χ0) is 22.6. The molecule has 1 fully saturated rings. The van der Waals surface area contributed by atoms with Gasteiger partial charge in [0.25, 0.3) is 0 Å². The van der Waals surface area contributed by atoms with Gasteiger partial charge in [0.15, 0.2) is 0 Å². The van der Waals surface area contributed by atoms with Crippen molar-refractivity contribution in [3.63, 3.8) is 0 Å². The summed E-state index contributed by atoms with van der Waals surface area (Å²) in [7, 11) is 0. The number of piperazine rings is 1. The van der Waals surface area contributed by atoms with Crippen LogP contribution in [-0.4, -0.2) is 46.1 Å². The molecule has 0 saturated carbocycles. The van der Waals surface area contributed by atoms with Crippen LogP contribution in [0.15, 0.2) is 73.3 Å². The van der Waals surface area contributed by atoms with Crippen molar-refractivity contribution in [1.82, 2.24) is 25.3 Å². The third kappa shape index (κ3) is 4.17. The summed E-state index contributed by atoms with van der Waals surface area (Å²) in [5.41, 5.74) is 7.34. The average Bonchev–Trinajstić information content (AvgIpc) is 3.28. The first kappa shape index (κ1) is 21.1. The molecule has 0 unspecified atom stereocenters. The maximum Gasteiger partial charge on any atom is 0.138 e. The van der Waals surface area contributed by atoms with Crippen molar-refractivity contribution in [3.8, 4) is 22.4 Å². The minimum atomic E-state index is 0.877. The molecule has 5 heterocycles. The minimum Gasteiger partial charge on any atom is -0.369 e. The van der Waals surface area contributed by atoms with Crippen molar-refractivity contribution in [2.45, 2.75) is 13.8 Å². The molecule has 0 aliphatic carbocycles. The summed E-state index contributed by atoms with van der Waals surface area (Å²) in [6.07, 6.45) is 7.45. The van der Waals surface area contributed by atoms with Crippen molar-refractivity contribution in [1.29, 1.82) is 0 Å². The molecular formula is C27H28N6. The third-order valence-corrected chi connectivity index (χ3v) is 5.95. The molecule has 1 saturated heterocycles. The second-order valence-corrected chi connectivity index (χ2v) is 7.89. The zero-order valence-electron chi connectivity index (χ0n) is 19.0. The summed E-state index contributed by atoms with van der Waals surface area (Å²) in [5.74, 6) is 0. The van der Waals surface area contributed by atoms with Crippen molar-refractivity contribution >= 4 is 27.6 Å². The lowest BCUT2D eigenvalue weighted by Gasteiger charge is -2.29. The monoisotopic (exact) mass is 436 g/mol. The fourth-order valence-corrected chi connectivity index (χ4v) is 4.31. The summed E-state index contributed by atoms with van der Waals surface area (Å²) in [6.45, 7) is 8.13. The van der Waals surface area contributed by atoms with Crippen LogP contribution in [0.4, 0.5) is 5.69 Å². The number of hydrogen-bond acceptors (Lipinski definition) is 5. The van der Waals surface area contributed by atoms with Gasteiger partial charge in [-0.3, -0.25) is 9.97 Å². The molecule has 2 N–H and O–H groups in total. The largest absolute Gasteiger partial charge is 0.369 e. The van der Waals surface area contributed by atoms with E-state index < -0.39 is 0 Å². The Balaban J connectivity index is 0.00000111. The van der Waals surface area contributed by atoms with E-state index in [0.29, 0.717) is 0 Å². The summed E-state index contributed by atoms with van der Waals surface area (Å²) >= 11 is 0. The third-order valence-electron chi connectivity index (χ3n) is 5.95. The summed E-state index contributed by atoms with van der Waals surface area (Å²) in [4.78, 5) is 19.4. The van der Waals surface area contributed by atoms with Crippen LogP contribution in [0, 0.1) is 0 Å². The van der Waals surface area contributed by atoms with E-state index >= 15 is 0 Å². The Hall–Kier alpha value is -3.77. The number of H-pyrrole nitrogens is 1. The molecule has 6 heteroatoms. The van der Waals surface area contributed by atoms with E-state index in [1.165, 1.54) is 11.3 Å². The van der Waals surface area contributed by atoms with Crippen molar-refractivity contribution in [2.75, 3.05) is 31.1 Å². The Labute approximate surface area is 193 Å². The van der Waals surface area contributed by atoms with Gasteiger partial charge in [-0.15, -0.1) is 0 Å². The van der Waals surface area contributed by atoms with E-state index in [9.17, 15) is 0 Å². The predicted molar refractivity (Wildman–Crippen MR) is 136 cm³/mol. The number of rotatable bonds is 3. The Morgan fingerprint density at radius 3 is 2.45 bits per heavy atom. The molecule has 1 aliphatic heterocycles. The highest BCUT2D eigenvalue weighted by Crippen LogP contribution is 2.31. The molecule has 5 aromatic rings. The van der Waals surface area contributed by atoms with Crippen LogP contribution in [0.1, 0.15) is 13.8 Å². The van der Waals surface area contributed by atoms with E-state index in [2.05, 4.69) is 61.6 Å². The molecule has 166 valence electrons. The van der Waals surface area contributed by atoms with Crippen LogP contribution < -0.4 is 10.2 Å². The van der Waals surface area contributed by atoms with Crippen molar-refractivity contribution in [3.05, 3.63) is 73.3 Å². The molecule has 1 aliphatic rings. The number of hydrogen-bond donors (Lipinski definition) is 2. The number of nitrogens with zero attached hydrogens (tertiary/aromatic N) is 4. The van der Waals surface area contributed by atoms with E-state index in [0.717, 1.165) is 64.9 Å². The number of aromatic nitrogens is 4. The highest BCUT2D eigenvalue weighted by Gasteiger charge is 2.13. The van der Waals surface area contributed by atoms with Gasteiger partial charge < -0.3 is 15.2 Å². The minimum absolute atomic E-state index is 0.877. The average molecular weight is 437 g/mol. The van der Waals surface area contributed by atoms with Gasteiger partial charge in [-0.25, -0.2) is 4.98 Å². The zero-order valence-corrected chi connectivity index (χ0v) is 19.0. The predicted octanol–water partition coefficient (Wildman–Crippen LogP) is 5.28. The maximum absolute atomic E-state index is 4.72. The van der Waals surface area contributed by atoms with Crippen LogP contribution in [0.25, 0.3) is 44.3 Å².